The molecule has 4 nitrogen and oxygen atoms in total. The average molecular weight is 541 g/mol. The third-order valence-electron chi connectivity index (χ3n) is 8.60. The van der Waals surface area contributed by atoms with Crippen LogP contribution in [0.4, 0.5) is 0 Å². The first-order chi connectivity index (χ1) is 19.5. The summed E-state index contributed by atoms with van der Waals surface area (Å²) in [6.45, 7) is 17.6. The van der Waals surface area contributed by atoms with Crippen LogP contribution in [0.2, 0.25) is 0 Å². The average Bonchev–Trinajstić information content (AvgIpc) is 3.71. The van der Waals surface area contributed by atoms with E-state index in [1.807, 2.05) is 0 Å². The normalized spacial score (nSPS) is 12.6. The molecule has 0 amide bonds. The van der Waals surface area contributed by atoms with Crippen molar-refractivity contribution in [3.8, 4) is 0 Å². The predicted molar refractivity (Wildman–Crippen MR) is 162 cm³/mol. The Balaban J connectivity index is 2.14. The molecule has 0 N–H and O–H groups in total. The fraction of sp³-hybridized carbons (Fsp3) is 0.444. The molecule has 0 spiro atoms. The summed E-state index contributed by atoms with van der Waals surface area (Å²) in [5.74, 6) is 0. The molecule has 4 aromatic heterocycles. The van der Waals surface area contributed by atoms with Crippen molar-refractivity contribution in [2.75, 3.05) is 0 Å². The zero-order chi connectivity index (χ0) is 28.6. The van der Waals surface area contributed by atoms with E-state index in [9.17, 15) is 0 Å². The minimum Gasteiger partial charge on any atom is -0.453 e. The number of hydrogen-bond donors (Lipinski definition) is 0. The summed E-state index contributed by atoms with van der Waals surface area (Å²) in [6, 6.07) is 0. The molecule has 4 heteroatoms. The summed E-state index contributed by atoms with van der Waals surface area (Å²) in [4.78, 5) is 0. The fourth-order valence-corrected chi connectivity index (χ4v) is 6.70. The summed E-state index contributed by atoms with van der Waals surface area (Å²) in [5.41, 5.74) is 16.9. The molecule has 0 aliphatic carbocycles. The van der Waals surface area contributed by atoms with E-state index in [-0.39, 0.29) is 0 Å². The zero-order valence-electron chi connectivity index (χ0n) is 25.6. The Morgan fingerprint density at radius 1 is 0.300 bits per heavy atom. The molecular formula is C36H44O4. The summed E-state index contributed by atoms with van der Waals surface area (Å²) < 4.78 is 26.7. The molecule has 5 rings (SSSR count). The minimum atomic E-state index is 0.866. The summed E-state index contributed by atoms with van der Waals surface area (Å²) in [6.07, 6.45) is 15.5. The van der Waals surface area contributed by atoms with Crippen molar-refractivity contribution < 1.29 is 17.7 Å². The second-order valence-corrected chi connectivity index (χ2v) is 10.5. The molecule has 4 aromatic rings. The van der Waals surface area contributed by atoms with Gasteiger partial charge in [0.1, 0.15) is 21.7 Å². The van der Waals surface area contributed by atoms with Crippen molar-refractivity contribution in [3.63, 3.8) is 0 Å². The van der Waals surface area contributed by atoms with Gasteiger partial charge in [-0.05, 0) is 75.7 Å². The van der Waals surface area contributed by atoms with E-state index in [0.717, 1.165) is 94.7 Å². The fourth-order valence-electron chi connectivity index (χ4n) is 6.70. The van der Waals surface area contributed by atoms with Crippen LogP contribution in [0, 0.1) is 21.7 Å². The van der Waals surface area contributed by atoms with Crippen molar-refractivity contribution >= 4 is 24.3 Å². The second kappa shape index (κ2) is 11.6. The highest BCUT2D eigenvalue weighted by molar-refractivity contribution is 5.62. The van der Waals surface area contributed by atoms with Gasteiger partial charge in [0.25, 0.3) is 0 Å². The van der Waals surface area contributed by atoms with Gasteiger partial charge in [-0.25, -0.2) is 0 Å². The van der Waals surface area contributed by atoms with Crippen molar-refractivity contribution in [2.24, 2.45) is 0 Å². The topological polar surface area (TPSA) is 52.6 Å². The van der Waals surface area contributed by atoms with Gasteiger partial charge in [-0.1, -0.05) is 55.4 Å². The van der Waals surface area contributed by atoms with Crippen LogP contribution < -0.4 is 21.7 Å². The smallest absolute Gasteiger partial charge is 0.173 e. The maximum Gasteiger partial charge on any atom is 0.173 e. The van der Waals surface area contributed by atoms with E-state index >= 15 is 0 Å². The molecule has 8 bridgehead atoms. The lowest BCUT2D eigenvalue weighted by atomic mass is 10.0. The molecule has 5 heterocycles. The number of rotatable bonds is 8. The molecule has 0 saturated carbocycles. The van der Waals surface area contributed by atoms with Gasteiger partial charge in [0.05, 0.1) is 0 Å². The molecule has 0 aromatic carbocycles. The van der Waals surface area contributed by atoms with E-state index in [1.54, 1.807) is 0 Å². The van der Waals surface area contributed by atoms with E-state index < -0.39 is 0 Å². The van der Waals surface area contributed by atoms with Crippen LogP contribution in [0.25, 0.3) is 24.3 Å². The van der Waals surface area contributed by atoms with Crippen LogP contribution in [-0.2, 0) is 51.4 Å². The maximum atomic E-state index is 6.68. The first-order valence-corrected chi connectivity index (χ1v) is 15.4. The van der Waals surface area contributed by atoms with Crippen LogP contribution in [0.1, 0.15) is 99.9 Å². The SMILES string of the molecule is CCc1c(CC)c2oc1=CC=c1oc(c(CC)c1CC)=c1oc(c(CC)c1CC)=CC=c1oc=2c(CC)c1CC. The minimum absolute atomic E-state index is 0.866. The van der Waals surface area contributed by atoms with E-state index in [2.05, 4.69) is 79.7 Å². The van der Waals surface area contributed by atoms with Crippen LogP contribution in [0.5, 0.6) is 0 Å². The molecule has 1 aliphatic heterocycles. The number of hydrogen-bond acceptors (Lipinski definition) is 4. The number of fused-ring (bicyclic) bond motifs is 8. The molecule has 0 saturated heterocycles. The van der Waals surface area contributed by atoms with Gasteiger partial charge in [0.15, 0.2) is 21.7 Å². The van der Waals surface area contributed by atoms with Gasteiger partial charge in [-0.2, -0.15) is 0 Å². The maximum absolute atomic E-state index is 6.68. The molecule has 0 unspecified atom stereocenters. The highest BCUT2D eigenvalue weighted by atomic mass is 16.4. The Bertz CT molecular complexity index is 1700. The van der Waals surface area contributed by atoms with Crippen molar-refractivity contribution in [1.29, 1.82) is 0 Å². The third-order valence-corrected chi connectivity index (χ3v) is 8.60. The predicted octanol–water partition coefficient (Wildman–Crippen LogP) is 5.97. The number of furan rings is 4. The highest BCUT2D eigenvalue weighted by Gasteiger charge is 2.18. The van der Waals surface area contributed by atoms with Crippen LogP contribution >= 0.6 is 0 Å². The van der Waals surface area contributed by atoms with Crippen LogP contribution in [0.3, 0.4) is 0 Å². The van der Waals surface area contributed by atoms with Gasteiger partial charge >= 0.3 is 0 Å². The lowest BCUT2D eigenvalue weighted by Crippen LogP contribution is -2.07. The highest BCUT2D eigenvalue weighted by Crippen LogP contribution is 2.19. The molecule has 0 fully saturated rings. The largest absolute Gasteiger partial charge is 0.453 e. The molecule has 0 atom stereocenters. The Kier molecular flexibility index (Phi) is 8.16. The molecule has 1 aliphatic rings. The van der Waals surface area contributed by atoms with E-state index in [1.165, 1.54) is 44.5 Å². The monoisotopic (exact) mass is 540 g/mol. The molecular weight excluding hydrogens is 496 g/mol. The Hall–Kier alpha value is -3.40. The van der Waals surface area contributed by atoms with Crippen molar-refractivity contribution in [3.05, 3.63) is 87.8 Å². The van der Waals surface area contributed by atoms with Crippen molar-refractivity contribution in [2.45, 2.75) is 107 Å². The summed E-state index contributed by atoms with van der Waals surface area (Å²) in [5, 5.41) is 0. The zero-order valence-corrected chi connectivity index (χ0v) is 25.6. The lowest BCUT2D eigenvalue weighted by molar-refractivity contribution is 0.439. The summed E-state index contributed by atoms with van der Waals surface area (Å²) >= 11 is 0. The standard InChI is InChI=1S/C36H44O4/c1-9-21-25(13-5)33-34-26(14-6)22(10-2)31(38-34)19-20-32-24(12-4)28(16-8)36(40-32)35-27(15-7)23(11-3)30(39-35)18-17-29(21)37-33/h17-20H,9-16H2,1-8H3. The van der Waals surface area contributed by atoms with Gasteiger partial charge in [-0.3, -0.25) is 0 Å². The summed E-state index contributed by atoms with van der Waals surface area (Å²) in [7, 11) is 0. The van der Waals surface area contributed by atoms with E-state index in [0.29, 0.717) is 0 Å². The molecule has 40 heavy (non-hydrogen) atoms. The first kappa shape index (κ1) is 28.1. The molecule has 212 valence electrons. The molecule has 0 radical (unpaired) electrons. The Labute approximate surface area is 236 Å². The van der Waals surface area contributed by atoms with Crippen LogP contribution in [-0.4, -0.2) is 0 Å². The third kappa shape index (κ3) is 4.36. The van der Waals surface area contributed by atoms with Crippen molar-refractivity contribution in [1.82, 2.24) is 0 Å². The first-order valence-electron chi connectivity index (χ1n) is 15.4. The van der Waals surface area contributed by atoms with Gasteiger partial charge < -0.3 is 17.7 Å². The van der Waals surface area contributed by atoms with Gasteiger partial charge in [0, 0.05) is 44.5 Å². The lowest BCUT2D eigenvalue weighted by Gasteiger charge is -1.97. The Morgan fingerprint density at radius 3 is 0.625 bits per heavy atom. The van der Waals surface area contributed by atoms with Gasteiger partial charge in [-0.15, -0.1) is 0 Å². The Morgan fingerprint density at radius 2 is 0.475 bits per heavy atom. The van der Waals surface area contributed by atoms with Gasteiger partial charge in [0.2, 0.25) is 0 Å². The van der Waals surface area contributed by atoms with Crippen LogP contribution in [0.15, 0.2) is 17.7 Å². The van der Waals surface area contributed by atoms with E-state index in [4.69, 9.17) is 17.7 Å². The quantitative estimate of drug-likeness (QED) is 0.276. The second-order valence-electron chi connectivity index (χ2n) is 10.5.